The molecule has 116 valence electrons. The lowest BCUT2D eigenvalue weighted by Gasteiger charge is -2.17. The second-order valence-electron chi connectivity index (χ2n) is 5.29. The Morgan fingerprint density at radius 3 is 2.55 bits per heavy atom. The summed E-state index contributed by atoms with van der Waals surface area (Å²) < 4.78 is 0. The van der Waals surface area contributed by atoms with Crippen LogP contribution in [0, 0.1) is 6.92 Å². The van der Waals surface area contributed by atoms with Crippen LogP contribution in [0.2, 0.25) is 0 Å². The zero-order valence-corrected chi connectivity index (χ0v) is 12.3. The standard InChI is InChI=1S/C15H17N3O4/c1-9-3-5-10(6-4-9)11-7-12(18-17-11)13(19)16-8-15(2,22)14(20)21/h3-7,22H,8H2,1-2H3,(H,16,19)(H,17,18)(H,20,21). The number of nitrogens with one attached hydrogen (secondary N) is 2. The molecule has 22 heavy (non-hydrogen) atoms. The molecule has 0 saturated heterocycles. The number of rotatable bonds is 5. The number of aryl methyl sites for hydroxylation is 1. The molecule has 0 bridgehead atoms. The molecule has 1 atom stereocenters. The molecule has 7 nitrogen and oxygen atoms in total. The lowest BCUT2D eigenvalue weighted by Crippen LogP contribution is -2.46. The number of nitrogens with zero attached hydrogens (tertiary/aromatic N) is 1. The number of carbonyl (C=O) groups is 2. The van der Waals surface area contributed by atoms with E-state index in [0.717, 1.165) is 18.1 Å². The molecular weight excluding hydrogens is 286 g/mol. The Labute approximate surface area is 127 Å². The number of aromatic amines is 1. The lowest BCUT2D eigenvalue weighted by atomic mass is 10.1. The predicted octanol–water partition coefficient (Wildman–Crippen LogP) is 0.951. The van der Waals surface area contributed by atoms with Crippen molar-refractivity contribution in [2.75, 3.05) is 6.54 Å². The monoisotopic (exact) mass is 303 g/mol. The molecule has 2 aromatic rings. The third kappa shape index (κ3) is 3.50. The molecule has 1 aromatic carbocycles. The largest absolute Gasteiger partial charge is 0.479 e. The number of H-pyrrole nitrogens is 1. The zero-order valence-electron chi connectivity index (χ0n) is 12.3. The van der Waals surface area contributed by atoms with E-state index in [0.29, 0.717) is 5.69 Å². The predicted molar refractivity (Wildman–Crippen MR) is 79.4 cm³/mol. The maximum absolute atomic E-state index is 11.9. The fraction of sp³-hybridized carbons (Fsp3) is 0.267. The van der Waals surface area contributed by atoms with Crippen LogP contribution in [0.4, 0.5) is 0 Å². The first-order valence-electron chi connectivity index (χ1n) is 6.66. The maximum Gasteiger partial charge on any atom is 0.337 e. The van der Waals surface area contributed by atoms with Crippen LogP contribution in [0.5, 0.6) is 0 Å². The molecule has 1 aromatic heterocycles. The summed E-state index contributed by atoms with van der Waals surface area (Å²) >= 11 is 0. The summed E-state index contributed by atoms with van der Waals surface area (Å²) in [7, 11) is 0. The normalized spacial score (nSPS) is 13.4. The molecule has 2 rings (SSSR count). The van der Waals surface area contributed by atoms with E-state index < -0.39 is 24.0 Å². The van der Waals surface area contributed by atoms with Crippen LogP contribution in [0.3, 0.4) is 0 Å². The Morgan fingerprint density at radius 1 is 1.32 bits per heavy atom. The van der Waals surface area contributed by atoms with Crippen LogP contribution >= 0.6 is 0 Å². The Kier molecular flexibility index (Phi) is 4.27. The highest BCUT2D eigenvalue weighted by atomic mass is 16.4. The number of hydrogen-bond donors (Lipinski definition) is 4. The molecule has 4 N–H and O–H groups in total. The van der Waals surface area contributed by atoms with Crippen LogP contribution in [0.1, 0.15) is 23.0 Å². The summed E-state index contributed by atoms with van der Waals surface area (Å²) in [5.41, 5.74) is 0.758. The molecule has 0 saturated carbocycles. The van der Waals surface area contributed by atoms with Crippen molar-refractivity contribution in [3.05, 3.63) is 41.6 Å². The minimum atomic E-state index is -2.02. The van der Waals surface area contributed by atoms with Gasteiger partial charge in [-0.2, -0.15) is 5.10 Å². The number of aliphatic hydroxyl groups is 1. The van der Waals surface area contributed by atoms with E-state index in [2.05, 4.69) is 15.5 Å². The van der Waals surface area contributed by atoms with Crippen LogP contribution in [0.15, 0.2) is 30.3 Å². The summed E-state index contributed by atoms with van der Waals surface area (Å²) in [5, 5.41) is 27.3. The summed E-state index contributed by atoms with van der Waals surface area (Å²) in [5.74, 6) is -1.94. The van der Waals surface area contributed by atoms with Crippen LogP contribution in [-0.2, 0) is 4.79 Å². The number of aliphatic carboxylic acids is 1. The van der Waals surface area contributed by atoms with Crippen molar-refractivity contribution in [2.45, 2.75) is 19.4 Å². The van der Waals surface area contributed by atoms with Gasteiger partial charge in [0.05, 0.1) is 12.2 Å². The van der Waals surface area contributed by atoms with Crippen molar-refractivity contribution in [1.82, 2.24) is 15.5 Å². The van der Waals surface area contributed by atoms with Gasteiger partial charge in [-0.3, -0.25) is 9.89 Å². The number of carboxylic acids is 1. The van der Waals surface area contributed by atoms with Gasteiger partial charge < -0.3 is 15.5 Å². The first kappa shape index (κ1) is 15.7. The lowest BCUT2D eigenvalue weighted by molar-refractivity contribution is -0.155. The third-order valence-corrected chi connectivity index (χ3v) is 3.22. The fourth-order valence-corrected chi connectivity index (χ4v) is 1.73. The third-order valence-electron chi connectivity index (χ3n) is 3.22. The van der Waals surface area contributed by atoms with Crippen LogP contribution in [-0.4, -0.2) is 44.4 Å². The minimum Gasteiger partial charge on any atom is -0.479 e. The average molecular weight is 303 g/mol. The first-order valence-corrected chi connectivity index (χ1v) is 6.66. The van der Waals surface area contributed by atoms with Crippen molar-refractivity contribution in [3.8, 4) is 11.3 Å². The zero-order chi connectivity index (χ0) is 16.3. The van der Waals surface area contributed by atoms with E-state index >= 15 is 0 Å². The Bertz CT molecular complexity index is 689. The quantitative estimate of drug-likeness (QED) is 0.656. The number of carboxylic acid groups (broad SMARTS) is 1. The maximum atomic E-state index is 11.9. The number of carbonyl (C=O) groups excluding carboxylic acids is 1. The Morgan fingerprint density at radius 2 is 1.95 bits per heavy atom. The van der Waals surface area contributed by atoms with Gasteiger partial charge in [-0.15, -0.1) is 0 Å². The second kappa shape index (κ2) is 5.98. The molecule has 0 aliphatic carbocycles. The van der Waals surface area contributed by atoms with Gasteiger partial charge in [0.15, 0.2) is 5.60 Å². The SMILES string of the molecule is Cc1ccc(-c2cc(C(=O)NCC(C)(O)C(=O)O)[nH]n2)cc1. The van der Waals surface area contributed by atoms with E-state index in [9.17, 15) is 14.7 Å². The molecule has 1 heterocycles. The number of amides is 1. The van der Waals surface area contributed by atoms with E-state index in [-0.39, 0.29) is 5.69 Å². The van der Waals surface area contributed by atoms with Gasteiger partial charge in [0.25, 0.3) is 5.91 Å². The topological polar surface area (TPSA) is 115 Å². The smallest absolute Gasteiger partial charge is 0.337 e. The summed E-state index contributed by atoms with van der Waals surface area (Å²) in [6.45, 7) is 2.68. The Balaban J connectivity index is 2.06. The molecular formula is C15H17N3O4. The van der Waals surface area contributed by atoms with Gasteiger partial charge in [0.1, 0.15) is 5.69 Å². The number of benzene rings is 1. The van der Waals surface area contributed by atoms with Crippen molar-refractivity contribution < 1.29 is 19.8 Å². The van der Waals surface area contributed by atoms with Gasteiger partial charge >= 0.3 is 5.97 Å². The average Bonchev–Trinajstić information content (AvgIpc) is 2.95. The van der Waals surface area contributed by atoms with E-state index in [4.69, 9.17) is 5.11 Å². The summed E-state index contributed by atoms with van der Waals surface area (Å²) in [6.07, 6.45) is 0. The highest BCUT2D eigenvalue weighted by Crippen LogP contribution is 2.18. The van der Waals surface area contributed by atoms with Gasteiger partial charge in [-0.1, -0.05) is 29.8 Å². The van der Waals surface area contributed by atoms with Crippen LogP contribution < -0.4 is 5.32 Å². The van der Waals surface area contributed by atoms with Crippen LogP contribution in [0.25, 0.3) is 11.3 Å². The van der Waals surface area contributed by atoms with Crippen molar-refractivity contribution >= 4 is 11.9 Å². The number of hydrogen-bond acceptors (Lipinski definition) is 4. The van der Waals surface area contributed by atoms with Gasteiger partial charge in [0.2, 0.25) is 0 Å². The molecule has 1 amide bonds. The highest BCUT2D eigenvalue weighted by molar-refractivity contribution is 5.93. The van der Waals surface area contributed by atoms with Gasteiger partial charge in [-0.05, 0) is 19.9 Å². The van der Waals surface area contributed by atoms with Crippen molar-refractivity contribution in [3.63, 3.8) is 0 Å². The van der Waals surface area contributed by atoms with E-state index in [1.54, 1.807) is 6.07 Å². The molecule has 0 aliphatic heterocycles. The molecule has 7 heteroatoms. The number of aromatic nitrogens is 2. The van der Waals surface area contributed by atoms with E-state index in [1.807, 2.05) is 31.2 Å². The van der Waals surface area contributed by atoms with Crippen molar-refractivity contribution in [2.24, 2.45) is 0 Å². The minimum absolute atomic E-state index is 0.191. The summed E-state index contributed by atoms with van der Waals surface area (Å²) in [6, 6.07) is 9.22. The van der Waals surface area contributed by atoms with Crippen molar-refractivity contribution in [1.29, 1.82) is 0 Å². The summed E-state index contributed by atoms with van der Waals surface area (Å²) in [4.78, 5) is 22.7. The Hall–Kier alpha value is -2.67. The van der Waals surface area contributed by atoms with Gasteiger partial charge in [0, 0.05) is 5.56 Å². The molecule has 0 spiro atoms. The molecule has 0 aliphatic rings. The fourth-order valence-electron chi connectivity index (χ4n) is 1.73. The molecule has 0 fully saturated rings. The molecule has 0 radical (unpaired) electrons. The second-order valence-corrected chi connectivity index (χ2v) is 5.29. The van der Waals surface area contributed by atoms with E-state index in [1.165, 1.54) is 0 Å². The molecule has 1 unspecified atom stereocenters. The first-order chi connectivity index (χ1) is 10.3. The van der Waals surface area contributed by atoms with Gasteiger partial charge in [-0.25, -0.2) is 4.79 Å². The highest BCUT2D eigenvalue weighted by Gasteiger charge is 2.30.